The van der Waals surface area contributed by atoms with E-state index in [4.69, 9.17) is 21.7 Å². The molecule has 0 radical (unpaired) electrons. The Balaban J connectivity index is 1.51. The maximum absolute atomic E-state index is 12.5. The van der Waals surface area contributed by atoms with E-state index in [0.29, 0.717) is 11.7 Å². The van der Waals surface area contributed by atoms with Gasteiger partial charge in [-0.3, -0.25) is 9.78 Å². The van der Waals surface area contributed by atoms with Crippen LogP contribution in [0.4, 0.5) is 5.69 Å². The standard InChI is InChI=1S/C28H33N5O3S/c1-4-36-25(34)18-32-27(26(30-28(32)37)24-7-5-6-12-29-24)23-17-19(2)33(20(23)3)22-10-8-21(9-11-22)31-13-15-35-16-14-31/h5-12,17,26-27H,4,13-16,18H2,1-3H3,(H,30,37). The third kappa shape index (κ3) is 5.06. The molecular weight excluding hydrogens is 486 g/mol. The topological polar surface area (TPSA) is 71.9 Å². The molecule has 0 aliphatic carbocycles. The number of carbonyl (C=O) groups excluding carboxylic acids is 1. The predicted molar refractivity (Wildman–Crippen MR) is 147 cm³/mol. The van der Waals surface area contributed by atoms with Gasteiger partial charge in [0.25, 0.3) is 0 Å². The van der Waals surface area contributed by atoms with Crippen LogP contribution >= 0.6 is 12.2 Å². The molecule has 9 heteroatoms. The fourth-order valence-electron chi connectivity index (χ4n) is 5.38. The second-order valence-corrected chi connectivity index (χ2v) is 9.72. The van der Waals surface area contributed by atoms with Gasteiger partial charge in [0.2, 0.25) is 0 Å². The van der Waals surface area contributed by atoms with Crippen molar-refractivity contribution >= 4 is 29.0 Å². The van der Waals surface area contributed by atoms with Gasteiger partial charge in [-0.2, -0.15) is 0 Å². The molecular formula is C28H33N5O3S. The lowest BCUT2D eigenvalue weighted by Gasteiger charge is -2.29. The summed E-state index contributed by atoms with van der Waals surface area (Å²) in [5.74, 6) is -0.300. The summed E-state index contributed by atoms with van der Waals surface area (Å²) in [5.41, 5.74) is 6.49. The number of aryl methyl sites for hydroxylation is 1. The minimum Gasteiger partial charge on any atom is -0.465 e. The van der Waals surface area contributed by atoms with Crippen molar-refractivity contribution in [3.05, 3.63) is 77.4 Å². The highest BCUT2D eigenvalue weighted by atomic mass is 32.1. The van der Waals surface area contributed by atoms with Gasteiger partial charge in [0, 0.05) is 42.0 Å². The summed E-state index contributed by atoms with van der Waals surface area (Å²) in [4.78, 5) is 21.4. The van der Waals surface area contributed by atoms with Crippen molar-refractivity contribution in [2.75, 3.05) is 44.4 Å². The number of anilines is 1. The molecule has 4 heterocycles. The van der Waals surface area contributed by atoms with Crippen LogP contribution in [0.2, 0.25) is 0 Å². The number of carbonyl (C=O) groups is 1. The Morgan fingerprint density at radius 2 is 1.86 bits per heavy atom. The first kappa shape index (κ1) is 25.2. The Labute approximate surface area is 223 Å². The van der Waals surface area contributed by atoms with Gasteiger partial charge in [-0.15, -0.1) is 0 Å². The molecule has 2 saturated heterocycles. The van der Waals surface area contributed by atoms with Gasteiger partial charge in [0.1, 0.15) is 6.54 Å². The van der Waals surface area contributed by atoms with Gasteiger partial charge >= 0.3 is 5.97 Å². The van der Waals surface area contributed by atoms with E-state index in [1.54, 1.807) is 6.20 Å². The number of rotatable bonds is 7. The van der Waals surface area contributed by atoms with Crippen LogP contribution in [0.15, 0.2) is 54.7 Å². The highest BCUT2D eigenvalue weighted by Crippen LogP contribution is 2.41. The zero-order valence-corrected chi connectivity index (χ0v) is 22.3. The third-order valence-electron chi connectivity index (χ3n) is 7.08. The average Bonchev–Trinajstić information content (AvgIpc) is 3.39. The Morgan fingerprint density at radius 1 is 1.14 bits per heavy atom. The number of thiocarbonyl (C=S) groups is 1. The van der Waals surface area contributed by atoms with Crippen LogP contribution in [0, 0.1) is 13.8 Å². The second kappa shape index (κ2) is 10.9. The van der Waals surface area contributed by atoms with Crippen LogP contribution in [-0.2, 0) is 14.3 Å². The van der Waals surface area contributed by atoms with E-state index in [9.17, 15) is 4.79 Å². The minimum absolute atomic E-state index is 0.0750. The van der Waals surface area contributed by atoms with Crippen LogP contribution in [-0.4, -0.2) is 65.0 Å². The van der Waals surface area contributed by atoms with Gasteiger partial charge < -0.3 is 29.2 Å². The zero-order valence-electron chi connectivity index (χ0n) is 21.5. The van der Waals surface area contributed by atoms with Crippen LogP contribution < -0.4 is 10.2 Å². The number of benzene rings is 1. The van der Waals surface area contributed by atoms with Crippen molar-refractivity contribution in [1.82, 2.24) is 19.8 Å². The van der Waals surface area contributed by atoms with E-state index in [1.807, 2.05) is 30.0 Å². The quantitative estimate of drug-likeness (QED) is 0.373. The van der Waals surface area contributed by atoms with E-state index in [0.717, 1.165) is 54.6 Å². The van der Waals surface area contributed by atoms with E-state index >= 15 is 0 Å². The SMILES string of the molecule is CCOC(=O)CN1C(=S)NC(c2ccccn2)C1c1cc(C)n(-c2ccc(N3CCOCC3)cc2)c1C. The molecule has 2 unspecified atom stereocenters. The van der Waals surface area contributed by atoms with E-state index in [2.05, 4.69) is 63.9 Å². The molecule has 2 aliphatic heterocycles. The van der Waals surface area contributed by atoms with E-state index < -0.39 is 0 Å². The number of hydrogen-bond donors (Lipinski definition) is 1. The van der Waals surface area contributed by atoms with Crippen molar-refractivity contribution in [3.8, 4) is 5.69 Å². The summed E-state index contributed by atoms with van der Waals surface area (Å²) in [6, 6.07) is 16.3. The lowest BCUT2D eigenvalue weighted by atomic mass is 9.97. The number of nitrogens with zero attached hydrogens (tertiary/aromatic N) is 4. The first-order chi connectivity index (χ1) is 18.0. The summed E-state index contributed by atoms with van der Waals surface area (Å²) in [6.45, 7) is 9.79. The van der Waals surface area contributed by atoms with Crippen LogP contribution in [0.25, 0.3) is 5.69 Å². The number of pyridine rings is 1. The Kier molecular flexibility index (Phi) is 7.43. The van der Waals surface area contributed by atoms with Gasteiger partial charge in [-0.05, 0) is 81.0 Å². The molecule has 194 valence electrons. The number of nitrogens with one attached hydrogen (secondary N) is 1. The minimum atomic E-state index is -0.300. The number of morpholine rings is 1. The average molecular weight is 520 g/mol. The molecule has 5 rings (SSSR count). The molecule has 2 aromatic heterocycles. The molecule has 0 spiro atoms. The van der Waals surface area contributed by atoms with Crippen molar-refractivity contribution in [2.45, 2.75) is 32.9 Å². The smallest absolute Gasteiger partial charge is 0.325 e. The molecule has 37 heavy (non-hydrogen) atoms. The Bertz CT molecular complexity index is 1250. The zero-order chi connectivity index (χ0) is 25.9. The maximum atomic E-state index is 12.5. The third-order valence-corrected chi connectivity index (χ3v) is 7.43. The van der Waals surface area contributed by atoms with Crippen molar-refractivity contribution in [1.29, 1.82) is 0 Å². The molecule has 1 aromatic carbocycles. The number of esters is 1. The molecule has 2 fully saturated rings. The lowest BCUT2D eigenvalue weighted by molar-refractivity contribution is -0.143. The predicted octanol–water partition coefficient (Wildman–Crippen LogP) is 3.86. The van der Waals surface area contributed by atoms with Crippen LogP contribution in [0.5, 0.6) is 0 Å². The molecule has 2 atom stereocenters. The molecule has 3 aromatic rings. The van der Waals surface area contributed by atoms with Gasteiger partial charge in [-0.25, -0.2) is 0 Å². The molecule has 0 bridgehead atoms. The first-order valence-corrected chi connectivity index (χ1v) is 13.1. The fourth-order valence-corrected chi connectivity index (χ4v) is 5.68. The van der Waals surface area contributed by atoms with Crippen LogP contribution in [0.3, 0.4) is 0 Å². The summed E-state index contributed by atoms with van der Waals surface area (Å²) >= 11 is 5.71. The summed E-state index contributed by atoms with van der Waals surface area (Å²) in [5, 5.41) is 3.94. The van der Waals surface area contributed by atoms with Gasteiger partial charge in [-0.1, -0.05) is 6.07 Å². The van der Waals surface area contributed by atoms with Crippen molar-refractivity contribution < 1.29 is 14.3 Å². The van der Waals surface area contributed by atoms with Gasteiger partial charge in [0.15, 0.2) is 5.11 Å². The normalized spacial score (nSPS) is 19.7. The van der Waals surface area contributed by atoms with E-state index in [-0.39, 0.29) is 24.6 Å². The highest BCUT2D eigenvalue weighted by molar-refractivity contribution is 7.80. The number of ether oxygens (including phenoxy) is 2. The molecule has 8 nitrogen and oxygen atoms in total. The first-order valence-electron chi connectivity index (χ1n) is 12.7. The van der Waals surface area contributed by atoms with Gasteiger partial charge in [0.05, 0.1) is 37.6 Å². The fraction of sp³-hybridized carbons (Fsp3) is 0.393. The highest BCUT2D eigenvalue weighted by Gasteiger charge is 2.42. The Hall–Kier alpha value is -3.43. The Morgan fingerprint density at radius 3 is 2.54 bits per heavy atom. The molecule has 0 amide bonds. The molecule has 0 saturated carbocycles. The molecule has 1 N–H and O–H groups in total. The largest absolute Gasteiger partial charge is 0.465 e. The summed E-state index contributed by atoms with van der Waals surface area (Å²) in [6.07, 6.45) is 1.78. The summed E-state index contributed by atoms with van der Waals surface area (Å²) < 4.78 is 13.0. The lowest BCUT2D eigenvalue weighted by Crippen LogP contribution is -2.36. The monoisotopic (exact) mass is 519 g/mol. The van der Waals surface area contributed by atoms with Crippen LogP contribution in [0.1, 0.15) is 41.7 Å². The van der Waals surface area contributed by atoms with E-state index in [1.165, 1.54) is 5.69 Å². The molecule has 2 aliphatic rings. The van der Waals surface area contributed by atoms with Crippen molar-refractivity contribution in [3.63, 3.8) is 0 Å². The maximum Gasteiger partial charge on any atom is 0.325 e. The number of aromatic nitrogens is 2. The number of hydrogen-bond acceptors (Lipinski definition) is 6. The second-order valence-electron chi connectivity index (χ2n) is 9.34. The van der Waals surface area contributed by atoms with Crippen molar-refractivity contribution in [2.24, 2.45) is 0 Å². The summed E-state index contributed by atoms with van der Waals surface area (Å²) in [7, 11) is 0.